The molecule has 0 aliphatic heterocycles. The third-order valence-electron chi connectivity index (χ3n) is 2.71. The lowest BCUT2D eigenvalue weighted by atomic mass is 9.80. The number of hydrogen-bond acceptors (Lipinski definition) is 3. The molecule has 1 rings (SSSR count). The zero-order valence-corrected chi connectivity index (χ0v) is 8.05. The van der Waals surface area contributed by atoms with E-state index in [1.807, 2.05) is 6.92 Å². The third-order valence-corrected chi connectivity index (χ3v) is 2.71. The highest BCUT2D eigenvalue weighted by molar-refractivity contribution is 5.79. The molecule has 4 N–H and O–H groups in total. The minimum Gasteiger partial charge on any atom is -0.389 e. The highest BCUT2D eigenvalue weighted by Gasteiger charge is 2.34. The molecule has 1 aliphatic rings. The number of carbonyl (C=O) groups excluding carboxylic acids is 1. The summed E-state index contributed by atoms with van der Waals surface area (Å²) in [5.74, 6) is -0.342. The molecule has 0 bridgehead atoms. The summed E-state index contributed by atoms with van der Waals surface area (Å²) in [6.45, 7) is 2.38. The lowest BCUT2D eigenvalue weighted by Crippen LogP contribution is -2.51. The molecular formula is C9H18N2O2. The van der Waals surface area contributed by atoms with E-state index in [4.69, 9.17) is 5.73 Å². The van der Waals surface area contributed by atoms with Crippen LogP contribution in [0.3, 0.4) is 0 Å². The van der Waals surface area contributed by atoms with E-state index in [1.54, 1.807) is 0 Å². The van der Waals surface area contributed by atoms with Crippen LogP contribution in [0.25, 0.3) is 0 Å². The molecule has 4 heteroatoms. The number of aliphatic hydroxyl groups is 1. The molecule has 4 nitrogen and oxygen atoms in total. The standard InChI is InChI=1S/C9H18N2O2/c1-2-7(8(10)12)11-6-9(13)4-3-5-9/h7,11,13H,2-6H2,1H3,(H2,10,12). The van der Waals surface area contributed by atoms with Gasteiger partial charge in [-0.15, -0.1) is 0 Å². The summed E-state index contributed by atoms with van der Waals surface area (Å²) in [5, 5.41) is 12.7. The maximum atomic E-state index is 10.8. The quantitative estimate of drug-likeness (QED) is 0.554. The molecule has 1 unspecified atom stereocenters. The Bertz CT molecular complexity index is 190. The fourth-order valence-corrected chi connectivity index (χ4v) is 1.52. The van der Waals surface area contributed by atoms with Crippen LogP contribution in [0.4, 0.5) is 0 Å². The second kappa shape index (κ2) is 4.07. The monoisotopic (exact) mass is 186 g/mol. The lowest BCUT2D eigenvalue weighted by Gasteiger charge is -2.37. The summed E-state index contributed by atoms with van der Waals surface area (Å²) in [7, 11) is 0. The van der Waals surface area contributed by atoms with Gasteiger partial charge >= 0.3 is 0 Å². The van der Waals surface area contributed by atoms with Crippen molar-refractivity contribution in [3.63, 3.8) is 0 Å². The summed E-state index contributed by atoms with van der Waals surface area (Å²) in [6, 6.07) is -0.301. The number of nitrogens with one attached hydrogen (secondary N) is 1. The topological polar surface area (TPSA) is 75.3 Å². The first-order chi connectivity index (χ1) is 6.07. The van der Waals surface area contributed by atoms with Crippen LogP contribution in [-0.2, 0) is 4.79 Å². The minimum atomic E-state index is -0.580. The van der Waals surface area contributed by atoms with Crippen molar-refractivity contribution in [1.82, 2.24) is 5.32 Å². The van der Waals surface area contributed by atoms with Gasteiger partial charge < -0.3 is 16.2 Å². The molecule has 0 aromatic rings. The van der Waals surface area contributed by atoms with Crippen LogP contribution in [0.15, 0.2) is 0 Å². The summed E-state index contributed by atoms with van der Waals surface area (Å²) in [6.07, 6.45) is 3.40. The SMILES string of the molecule is CCC(NCC1(O)CCC1)C(N)=O. The van der Waals surface area contributed by atoms with Crippen LogP contribution in [0.5, 0.6) is 0 Å². The molecule has 76 valence electrons. The van der Waals surface area contributed by atoms with E-state index in [2.05, 4.69) is 5.32 Å². The first-order valence-corrected chi connectivity index (χ1v) is 4.82. The van der Waals surface area contributed by atoms with Crippen molar-refractivity contribution in [2.24, 2.45) is 5.73 Å². The Kier molecular flexibility index (Phi) is 3.27. The molecule has 1 amide bonds. The van der Waals surface area contributed by atoms with E-state index in [-0.39, 0.29) is 11.9 Å². The minimum absolute atomic E-state index is 0.301. The second-order valence-corrected chi connectivity index (χ2v) is 3.82. The predicted octanol–water partition coefficient (Wildman–Crippen LogP) is -0.245. The van der Waals surface area contributed by atoms with Gasteiger partial charge in [0, 0.05) is 6.54 Å². The van der Waals surface area contributed by atoms with Gasteiger partial charge in [-0.25, -0.2) is 0 Å². The summed E-state index contributed by atoms with van der Waals surface area (Å²) >= 11 is 0. The van der Waals surface area contributed by atoms with Crippen LogP contribution >= 0.6 is 0 Å². The zero-order chi connectivity index (χ0) is 9.90. The number of primary amides is 1. The molecule has 1 fully saturated rings. The number of amides is 1. The van der Waals surface area contributed by atoms with Crippen LogP contribution in [0.1, 0.15) is 32.6 Å². The fraction of sp³-hybridized carbons (Fsp3) is 0.889. The van der Waals surface area contributed by atoms with E-state index < -0.39 is 5.60 Å². The van der Waals surface area contributed by atoms with Gasteiger partial charge in [0.1, 0.15) is 0 Å². The van der Waals surface area contributed by atoms with E-state index in [1.165, 1.54) is 0 Å². The summed E-state index contributed by atoms with van der Waals surface area (Å²) < 4.78 is 0. The Morgan fingerprint density at radius 3 is 2.62 bits per heavy atom. The predicted molar refractivity (Wildman–Crippen MR) is 50.1 cm³/mol. The summed E-state index contributed by atoms with van der Waals surface area (Å²) in [5.41, 5.74) is 4.57. The Morgan fingerprint density at radius 1 is 1.69 bits per heavy atom. The van der Waals surface area contributed by atoms with Crippen molar-refractivity contribution in [3.8, 4) is 0 Å². The molecule has 0 radical (unpaired) electrons. The van der Waals surface area contributed by atoms with Gasteiger partial charge in [-0.3, -0.25) is 4.79 Å². The largest absolute Gasteiger partial charge is 0.389 e. The van der Waals surface area contributed by atoms with Crippen LogP contribution in [-0.4, -0.2) is 29.2 Å². The van der Waals surface area contributed by atoms with Crippen LogP contribution in [0, 0.1) is 0 Å². The Balaban J connectivity index is 2.27. The van der Waals surface area contributed by atoms with Crippen molar-refractivity contribution in [2.75, 3.05) is 6.54 Å². The Hall–Kier alpha value is -0.610. The van der Waals surface area contributed by atoms with Crippen molar-refractivity contribution in [3.05, 3.63) is 0 Å². The Labute approximate surface area is 78.5 Å². The first-order valence-electron chi connectivity index (χ1n) is 4.82. The maximum Gasteiger partial charge on any atom is 0.234 e. The van der Waals surface area contributed by atoms with Crippen molar-refractivity contribution in [2.45, 2.75) is 44.2 Å². The van der Waals surface area contributed by atoms with Gasteiger partial charge in [0.15, 0.2) is 0 Å². The molecule has 1 saturated carbocycles. The van der Waals surface area contributed by atoms with Crippen molar-refractivity contribution < 1.29 is 9.90 Å². The normalized spacial score (nSPS) is 22.0. The number of nitrogens with two attached hydrogens (primary N) is 1. The van der Waals surface area contributed by atoms with Gasteiger partial charge in [-0.05, 0) is 25.7 Å². The lowest BCUT2D eigenvalue weighted by molar-refractivity contribution is -0.120. The highest BCUT2D eigenvalue weighted by Crippen LogP contribution is 2.30. The van der Waals surface area contributed by atoms with Gasteiger partial charge in [-0.2, -0.15) is 0 Å². The average Bonchev–Trinajstić information content (AvgIpc) is 2.02. The molecule has 0 aromatic heterocycles. The van der Waals surface area contributed by atoms with Crippen molar-refractivity contribution >= 4 is 5.91 Å². The maximum absolute atomic E-state index is 10.8. The smallest absolute Gasteiger partial charge is 0.234 e. The zero-order valence-electron chi connectivity index (χ0n) is 8.05. The van der Waals surface area contributed by atoms with Crippen LogP contribution < -0.4 is 11.1 Å². The van der Waals surface area contributed by atoms with Crippen molar-refractivity contribution in [1.29, 1.82) is 0 Å². The van der Waals surface area contributed by atoms with Gasteiger partial charge in [-0.1, -0.05) is 6.92 Å². The summed E-state index contributed by atoms with van der Waals surface area (Å²) in [4.78, 5) is 10.8. The average molecular weight is 186 g/mol. The molecule has 0 saturated heterocycles. The van der Waals surface area contributed by atoms with Gasteiger partial charge in [0.2, 0.25) is 5.91 Å². The number of carbonyl (C=O) groups is 1. The molecular weight excluding hydrogens is 168 g/mol. The fourth-order valence-electron chi connectivity index (χ4n) is 1.52. The van der Waals surface area contributed by atoms with E-state index in [0.29, 0.717) is 13.0 Å². The molecule has 0 aromatic carbocycles. The van der Waals surface area contributed by atoms with E-state index >= 15 is 0 Å². The van der Waals surface area contributed by atoms with E-state index in [0.717, 1.165) is 19.3 Å². The third kappa shape index (κ3) is 2.67. The Morgan fingerprint density at radius 2 is 2.31 bits per heavy atom. The number of rotatable bonds is 5. The highest BCUT2D eigenvalue weighted by atomic mass is 16.3. The van der Waals surface area contributed by atoms with Gasteiger partial charge in [0.25, 0.3) is 0 Å². The number of hydrogen-bond donors (Lipinski definition) is 3. The molecule has 1 aliphatic carbocycles. The first kappa shape index (κ1) is 10.5. The molecule has 13 heavy (non-hydrogen) atoms. The van der Waals surface area contributed by atoms with Gasteiger partial charge in [0.05, 0.1) is 11.6 Å². The van der Waals surface area contributed by atoms with Crippen LogP contribution in [0.2, 0.25) is 0 Å². The second-order valence-electron chi connectivity index (χ2n) is 3.82. The van der Waals surface area contributed by atoms with E-state index in [9.17, 15) is 9.90 Å². The molecule has 0 spiro atoms. The molecule has 0 heterocycles. The molecule has 1 atom stereocenters.